The van der Waals surface area contributed by atoms with E-state index in [-0.39, 0.29) is 0 Å². The van der Waals surface area contributed by atoms with Gasteiger partial charge in [0.1, 0.15) is 10.4 Å². The number of anilines is 3. The van der Waals surface area contributed by atoms with Crippen molar-refractivity contribution in [2.45, 2.75) is 18.9 Å². The molecule has 8 heteroatoms. The van der Waals surface area contributed by atoms with E-state index in [2.05, 4.69) is 58.5 Å². The first-order valence-electron chi connectivity index (χ1n) is 11.8. The zero-order valence-corrected chi connectivity index (χ0v) is 20.8. The largest absolute Gasteiger partial charge is 0.437 e. The number of ether oxygens (including phenoxy) is 1. The highest BCUT2D eigenvalue weighted by molar-refractivity contribution is 7.17. The molecule has 0 bridgehead atoms. The molecular formula is C27H30N6OS. The summed E-state index contributed by atoms with van der Waals surface area (Å²) in [6.07, 6.45) is 5.42. The Morgan fingerprint density at radius 3 is 2.80 bits per heavy atom. The Hall–Kier alpha value is -3.62. The lowest BCUT2D eigenvalue weighted by molar-refractivity contribution is 0.315. The van der Waals surface area contributed by atoms with E-state index >= 15 is 0 Å². The molecule has 0 amide bonds. The van der Waals surface area contributed by atoms with E-state index in [4.69, 9.17) is 15.5 Å². The average Bonchev–Trinajstić information content (AvgIpc) is 3.54. The van der Waals surface area contributed by atoms with Gasteiger partial charge in [-0.15, -0.1) is 11.3 Å². The number of likely N-dealkylation sites (N-methyl/N-ethyl adjacent to an activating group) is 1. The van der Waals surface area contributed by atoms with Gasteiger partial charge < -0.3 is 25.6 Å². The van der Waals surface area contributed by atoms with Gasteiger partial charge in [-0.3, -0.25) is 0 Å². The number of benzene rings is 2. The van der Waals surface area contributed by atoms with Crippen molar-refractivity contribution < 1.29 is 4.74 Å². The van der Waals surface area contributed by atoms with Crippen LogP contribution >= 0.6 is 11.3 Å². The SMILES string of the molecule is CN(C)[C@H]1CCN(c2ccc(Nc3nc(Oc4cccc(CC=CN)c4)c4sccc4n3)cc2)C1. The van der Waals surface area contributed by atoms with Crippen LogP contribution in [0.4, 0.5) is 17.3 Å². The predicted molar refractivity (Wildman–Crippen MR) is 145 cm³/mol. The molecule has 2 aromatic heterocycles. The monoisotopic (exact) mass is 486 g/mol. The Balaban J connectivity index is 1.33. The van der Waals surface area contributed by atoms with Gasteiger partial charge in [-0.25, -0.2) is 4.98 Å². The lowest BCUT2D eigenvalue weighted by atomic mass is 10.1. The van der Waals surface area contributed by atoms with Crippen LogP contribution in [0.5, 0.6) is 11.6 Å². The molecule has 5 rings (SSSR count). The topological polar surface area (TPSA) is 79.5 Å². The third kappa shape index (κ3) is 5.39. The minimum absolute atomic E-state index is 0.509. The Morgan fingerprint density at radius 1 is 1.17 bits per heavy atom. The smallest absolute Gasteiger partial charge is 0.242 e. The minimum atomic E-state index is 0.509. The molecule has 0 saturated carbocycles. The van der Waals surface area contributed by atoms with Crippen LogP contribution in [0.25, 0.3) is 10.2 Å². The van der Waals surface area contributed by atoms with Crippen molar-refractivity contribution in [3.05, 3.63) is 77.8 Å². The molecular weight excluding hydrogens is 456 g/mol. The number of thiophene rings is 1. The van der Waals surface area contributed by atoms with Gasteiger partial charge in [-0.05, 0) is 86.5 Å². The third-order valence-corrected chi connectivity index (χ3v) is 7.15. The summed E-state index contributed by atoms with van der Waals surface area (Å²) in [7, 11) is 4.30. The number of hydrogen-bond donors (Lipinski definition) is 2. The molecule has 180 valence electrons. The maximum atomic E-state index is 6.22. The first-order valence-corrected chi connectivity index (χ1v) is 12.6. The van der Waals surface area contributed by atoms with Crippen molar-refractivity contribution >= 4 is 38.9 Å². The van der Waals surface area contributed by atoms with Gasteiger partial charge in [-0.1, -0.05) is 18.2 Å². The summed E-state index contributed by atoms with van der Waals surface area (Å²) < 4.78 is 7.14. The zero-order valence-electron chi connectivity index (χ0n) is 20.0. The molecule has 1 saturated heterocycles. The zero-order chi connectivity index (χ0) is 24.2. The van der Waals surface area contributed by atoms with Crippen LogP contribution in [-0.2, 0) is 6.42 Å². The van der Waals surface area contributed by atoms with Crippen molar-refractivity contribution in [3.8, 4) is 11.6 Å². The van der Waals surface area contributed by atoms with Crippen molar-refractivity contribution in [1.29, 1.82) is 0 Å². The normalized spacial score (nSPS) is 16.0. The number of nitrogens with zero attached hydrogens (tertiary/aromatic N) is 4. The number of hydrogen-bond acceptors (Lipinski definition) is 8. The number of fused-ring (bicyclic) bond motifs is 1. The van der Waals surface area contributed by atoms with Crippen molar-refractivity contribution in [1.82, 2.24) is 14.9 Å². The standard InChI is InChI=1S/C27H30N6OS/c1-32(2)22-12-15-33(18-22)21-10-8-20(9-11-21)29-27-30-24-13-16-35-25(24)26(31-27)34-23-7-3-5-19(17-23)6-4-14-28/h3-5,7-11,13-14,16-17,22H,6,12,15,18,28H2,1-2H3,(H,29,30,31)/t22-/m0/s1. The number of nitrogens with two attached hydrogens (primary N) is 1. The Morgan fingerprint density at radius 2 is 2.03 bits per heavy atom. The Bertz CT molecular complexity index is 1320. The van der Waals surface area contributed by atoms with E-state index < -0.39 is 0 Å². The second-order valence-electron chi connectivity index (χ2n) is 8.89. The maximum absolute atomic E-state index is 6.22. The number of nitrogens with one attached hydrogen (secondary N) is 1. The van der Waals surface area contributed by atoms with E-state index in [0.717, 1.165) is 46.7 Å². The molecule has 0 spiro atoms. The lowest BCUT2D eigenvalue weighted by Crippen LogP contribution is -2.31. The van der Waals surface area contributed by atoms with E-state index in [9.17, 15) is 0 Å². The molecule has 0 aliphatic carbocycles. The number of allylic oxidation sites excluding steroid dienone is 1. The minimum Gasteiger partial charge on any atom is -0.437 e. The first kappa shape index (κ1) is 23.1. The molecule has 1 atom stereocenters. The molecule has 3 heterocycles. The van der Waals surface area contributed by atoms with E-state index in [1.807, 2.05) is 41.8 Å². The van der Waals surface area contributed by atoms with Gasteiger partial charge in [0, 0.05) is 30.5 Å². The van der Waals surface area contributed by atoms with Crippen LogP contribution in [0, 0.1) is 0 Å². The highest BCUT2D eigenvalue weighted by Crippen LogP contribution is 2.33. The van der Waals surface area contributed by atoms with Gasteiger partial charge in [0.05, 0.1) is 5.52 Å². The summed E-state index contributed by atoms with van der Waals surface area (Å²) in [6.45, 7) is 2.14. The van der Waals surface area contributed by atoms with Crippen molar-refractivity contribution in [2.24, 2.45) is 5.73 Å². The molecule has 1 aliphatic rings. The quantitative estimate of drug-likeness (QED) is 0.346. The van der Waals surface area contributed by atoms with Crippen molar-refractivity contribution in [3.63, 3.8) is 0 Å². The molecule has 4 aromatic rings. The second kappa shape index (κ2) is 10.3. The fourth-order valence-corrected chi connectivity index (χ4v) is 5.05. The highest BCUT2D eigenvalue weighted by Gasteiger charge is 2.24. The molecule has 1 aliphatic heterocycles. The molecule has 35 heavy (non-hydrogen) atoms. The molecule has 0 unspecified atom stereocenters. The van der Waals surface area contributed by atoms with Gasteiger partial charge in [0.2, 0.25) is 11.8 Å². The second-order valence-corrected chi connectivity index (χ2v) is 9.81. The lowest BCUT2D eigenvalue weighted by Gasteiger charge is -2.22. The number of aromatic nitrogens is 2. The Kier molecular flexibility index (Phi) is 6.83. The van der Waals surface area contributed by atoms with Crippen LogP contribution in [0.3, 0.4) is 0 Å². The van der Waals surface area contributed by atoms with E-state index in [0.29, 0.717) is 17.9 Å². The Labute approximate surface area is 209 Å². The van der Waals surface area contributed by atoms with E-state index in [1.165, 1.54) is 12.1 Å². The summed E-state index contributed by atoms with van der Waals surface area (Å²) in [5, 5.41) is 5.35. The molecule has 2 aromatic carbocycles. The first-order chi connectivity index (χ1) is 17.1. The van der Waals surface area contributed by atoms with Crippen LogP contribution in [0.1, 0.15) is 12.0 Å². The van der Waals surface area contributed by atoms with Crippen LogP contribution in [0.2, 0.25) is 0 Å². The van der Waals surface area contributed by atoms with Crippen molar-refractivity contribution in [2.75, 3.05) is 37.4 Å². The molecule has 7 nitrogen and oxygen atoms in total. The highest BCUT2D eigenvalue weighted by atomic mass is 32.1. The fourth-order valence-electron chi connectivity index (χ4n) is 4.30. The van der Waals surface area contributed by atoms with Crippen LogP contribution in [0.15, 0.2) is 72.3 Å². The fraction of sp³-hybridized carbons (Fsp3) is 0.259. The average molecular weight is 487 g/mol. The molecule has 3 N–H and O–H groups in total. The van der Waals surface area contributed by atoms with Gasteiger partial charge in [0.15, 0.2) is 0 Å². The predicted octanol–water partition coefficient (Wildman–Crippen LogP) is 5.38. The van der Waals surface area contributed by atoms with Crippen LogP contribution < -0.4 is 20.7 Å². The maximum Gasteiger partial charge on any atom is 0.242 e. The van der Waals surface area contributed by atoms with Crippen LogP contribution in [-0.4, -0.2) is 48.1 Å². The summed E-state index contributed by atoms with van der Waals surface area (Å²) in [6, 6.07) is 19.0. The van der Waals surface area contributed by atoms with Gasteiger partial charge in [0.25, 0.3) is 0 Å². The summed E-state index contributed by atoms with van der Waals surface area (Å²) >= 11 is 1.57. The number of rotatable bonds is 8. The summed E-state index contributed by atoms with van der Waals surface area (Å²) in [5.41, 5.74) is 9.64. The molecule has 1 fully saturated rings. The molecule has 0 radical (unpaired) electrons. The van der Waals surface area contributed by atoms with Gasteiger partial charge >= 0.3 is 0 Å². The van der Waals surface area contributed by atoms with E-state index in [1.54, 1.807) is 17.5 Å². The van der Waals surface area contributed by atoms with Gasteiger partial charge in [-0.2, -0.15) is 4.98 Å². The third-order valence-electron chi connectivity index (χ3n) is 6.26. The summed E-state index contributed by atoms with van der Waals surface area (Å²) in [4.78, 5) is 14.1. The summed E-state index contributed by atoms with van der Waals surface area (Å²) in [5.74, 6) is 1.79.